The highest BCUT2D eigenvalue weighted by Crippen LogP contribution is 2.36. The molecule has 3 atom stereocenters. The van der Waals surface area contributed by atoms with Crippen LogP contribution in [0.5, 0.6) is 5.75 Å². The Hall–Kier alpha value is -1.07. The second kappa shape index (κ2) is 5.37. The third-order valence-electron chi connectivity index (χ3n) is 4.63. The fourth-order valence-electron chi connectivity index (χ4n) is 3.54. The molecule has 0 bridgehead atoms. The van der Waals surface area contributed by atoms with Crippen LogP contribution < -0.4 is 5.73 Å². The number of phenols is 1. The van der Waals surface area contributed by atoms with Gasteiger partial charge in [0.15, 0.2) is 0 Å². The maximum Gasteiger partial charge on any atom is 0.257 e. The Balaban J connectivity index is 1.78. The zero-order valence-corrected chi connectivity index (χ0v) is 12.8. The first kappa shape index (κ1) is 13.9. The molecule has 0 radical (unpaired) electrons. The number of phenolic OH excluding ortho intramolecular Hbond substituents is 1. The van der Waals surface area contributed by atoms with E-state index in [0.29, 0.717) is 17.4 Å². The van der Waals surface area contributed by atoms with Crippen LogP contribution in [0.15, 0.2) is 22.7 Å². The SMILES string of the molecule is NC1CCCC2CN(C(=O)c3ccc(Br)cc3O)CC12. The number of halogens is 1. The van der Waals surface area contributed by atoms with E-state index in [2.05, 4.69) is 15.9 Å². The van der Waals surface area contributed by atoms with Crippen molar-refractivity contribution < 1.29 is 9.90 Å². The first-order valence-electron chi connectivity index (χ1n) is 7.09. The number of benzene rings is 1. The topological polar surface area (TPSA) is 66.6 Å². The minimum atomic E-state index is -0.0865. The first-order valence-corrected chi connectivity index (χ1v) is 7.89. The summed E-state index contributed by atoms with van der Waals surface area (Å²) in [6, 6.07) is 5.22. The van der Waals surface area contributed by atoms with Crippen molar-refractivity contribution in [3.8, 4) is 5.75 Å². The maximum atomic E-state index is 12.5. The van der Waals surface area contributed by atoms with Gasteiger partial charge < -0.3 is 15.7 Å². The van der Waals surface area contributed by atoms with E-state index in [0.717, 1.165) is 36.8 Å². The largest absolute Gasteiger partial charge is 0.507 e. The Kier molecular flexibility index (Phi) is 3.73. The van der Waals surface area contributed by atoms with E-state index in [-0.39, 0.29) is 17.7 Å². The number of nitrogens with zero attached hydrogens (tertiary/aromatic N) is 1. The third-order valence-corrected chi connectivity index (χ3v) is 5.12. The van der Waals surface area contributed by atoms with Gasteiger partial charge >= 0.3 is 0 Å². The number of carbonyl (C=O) groups excluding carboxylic acids is 1. The number of nitrogens with two attached hydrogens (primary N) is 1. The number of aromatic hydroxyl groups is 1. The average Bonchev–Trinajstić information content (AvgIpc) is 2.83. The van der Waals surface area contributed by atoms with Crippen molar-refractivity contribution in [3.05, 3.63) is 28.2 Å². The molecule has 1 aromatic rings. The van der Waals surface area contributed by atoms with Crippen molar-refractivity contribution in [1.82, 2.24) is 4.90 Å². The highest BCUT2D eigenvalue weighted by molar-refractivity contribution is 9.10. The summed E-state index contributed by atoms with van der Waals surface area (Å²) in [6.45, 7) is 1.49. The molecular formula is C15H19BrN2O2. The lowest BCUT2D eigenvalue weighted by molar-refractivity contribution is 0.0780. The molecule has 1 aromatic carbocycles. The summed E-state index contributed by atoms with van der Waals surface area (Å²) < 4.78 is 0.767. The van der Waals surface area contributed by atoms with Crippen LogP contribution >= 0.6 is 15.9 Å². The summed E-state index contributed by atoms with van der Waals surface area (Å²) in [5.41, 5.74) is 6.55. The van der Waals surface area contributed by atoms with Gasteiger partial charge in [-0.2, -0.15) is 0 Å². The fourth-order valence-corrected chi connectivity index (χ4v) is 3.89. The van der Waals surface area contributed by atoms with E-state index in [1.165, 1.54) is 0 Å². The number of hydrogen-bond donors (Lipinski definition) is 2. The summed E-state index contributed by atoms with van der Waals surface area (Å²) in [7, 11) is 0. The van der Waals surface area contributed by atoms with Gasteiger partial charge in [0.05, 0.1) is 5.56 Å². The number of hydrogen-bond acceptors (Lipinski definition) is 3. The fraction of sp³-hybridized carbons (Fsp3) is 0.533. The molecule has 5 heteroatoms. The third kappa shape index (κ3) is 2.44. The number of fused-ring (bicyclic) bond motifs is 1. The molecule has 4 nitrogen and oxygen atoms in total. The van der Waals surface area contributed by atoms with Gasteiger partial charge in [-0.3, -0.25) is 4.79 Å². The standard InChI is InChI=1S/C15H19BrN2O2/c16-10-4-5-11(14(19)6-10)15(20)18-7-9-2-1-3-13(17)12(9)8-18/h4-6,9,12-13,19H,1-3,7-8,17H2. The molecule has 108 valence electrons. The van der Waals surface area contributed by atoms with Crippen LogP contribution in [0.1, 0.15) is 29.6 Å². The van der Waals surface area contributed by atoms with Gasteiger partial charge in [0.1, 0.15) is 5.75 Å². The van der Waals surface area contributed by atoms with Gasteiger partial charge in [-0.05, 0) is 42.9 Å². The zero-order valence-electron chi connectivity index (χ0n) is 11.3. The Morgan fingerprint density at radius 2 is 2.15 bits per heavy atom. The molecule has 2 aliphatic rings. The molecule has 1 amide bonds. The monoisotopic (exact) mass is 338 g/mol. The van der Waals surface area contributed by atoms with Crippen LogP contribution in [-0.2, 0) is 0 Å². The van der Waals surface area contributed by atoms with E-state index in [9.17, 15) is 9.90 Å². The van der Waals surface area contributed by atoms with Crippen molar-refractivity contribution in [2.45, 2.75) is 25.3 Å². The highest BCUT2D eigenvalue weighted by atomic mass is 79.9. The van der Waals surface area contributed by atoms with Crippen LogP contribution in [0.2, 0.25) is 0 Å². The summed E-state index contributed by atoms with van der Waals surface area (Å²) in [4.78, 5) is 14.4. The molecule has 20 heavy (non-hydrogen) atoms. The zero-order chi connectivity index (χ0) is 14.3. The van der Waals surface area contributed by atoms with Crippen molar-refractivity contribution in [1.29, 1.82) is 0 Å². The number of rotatable bonds is 1. The van der Waals surface area contributed by atoms with E-state index in [4.69, 9.17) is 5.73 Å². The molecular weight excluding hydrogens is 320 g/mol. The van der Waals surface area contributed by atoms with E-state index in [1.807, 2.05) is 4.90 Å². The van der Waals surface area contributed by atoms with Crippen molar-refractivity contribution >= 4 is 21.8 Å². The summed E-state index contributed by atoms with van der Waals surface area (Å²) >= 11 is 3.29. The molecule has 3 N–H and O–H groups in total. The van der Waals surface area contributed by atoms with Crippen LogP contribution in [-0.4, -0.2) is 35.0 Å². The Morgan fingerprint density at radius 1 is 1.35 bits per heavy atom. The van der Waals surface area contributed by atoms with Crippen LogP contribution in [0, 0.1) is 11.8 Å². The lowest BCUT2D eigenvalue weighted by atomic mass is 9.78. The van der Waals surface area contributed by atoms with Crippen molar-refractivity contribution in [2.24, 2.45) is 17.6 Å². The highest BCUT2D eigenvalue weighted by Gasteiger charge is 2.40. The summed E-state index contributed by atoms with van der Waals surface area (Å²) in [5, 5.41) is 9.93. The number of likely N-dealkylation sites (tertiary alicyclic amines) is 1. The van der Waals surface area contributed by atoms with Gasteiger partial charge in [0, 0.05) is 23.6 Å². The predicted octanol–water partition coefficient (Wildman–Crippen LogP) is 2.35. The normalized spacial score (nSPS) is 29.3. The second-order valence-electron chi connectivity index (χ2n) is 5.89. The molecule has 3 rings (SSSR count). The Morgan fingerprint density at radius 3 is 2.85 bits per heavy atom. The van der Waals surface area contributed by atoms with Gasteiger partial charge in [0.25, 0.3) is 5.91 Å². The summed E-state index contributed by atoms with van der Waals surface area (Å²) in [5.74, 6) is 0.894. The molecule has 0 aromatic heterocycles. The predicted molar refractivity (Wildman–Crippen MR) is 80.5 cm³/mol. The van der Waals surface area contributed by atoms with E-state index < -0.39 is 0 Å². The quantitative estimate of drug-likeness (QED) is 0.825. The average molecular weight is 339 g/mol. The second-order valence-corrected chi connectivity index (χ2v) is 6.81. The van der Waals surface area contributed by atoms with Gasteiger partial charge in [0.2, 0.25) is 0 Å². The van der Waals surface area contributed by atoms with Crippen molar-refractivity contribution in [2.75, 3.05) is 13.1 Å². The number of carbonyl (C=O) groups is 1. The molecule has 0 spiro atoms. The Labute approximate surface area is 127 Å². The van der Waals surface area contributed by atoms with Crippen LogP contribution in [0.25, 0.3) is 0 Å². The van der Waals surface area contributed by atoms with Gasteiger partial charge in [-0.25, -0.2) is 0 Å². The molecule has 1 saturated carbocycles. The van der Waals surface area contributed by atoms with Crippen LogP contribution in [0.4, 0.5) is 0 Å². The van der Waals surface area contributed by atoms with E-state index in [1.54, 1.807) is 18.2 Å². The Bertz CT molecular complexity index is 535. The molecule has 1 aliphatic heterocycles. The minimum Gasteiger partial charge on any atom is -0.507 e. The lowest BCUT2D eigenvalue weighted by Crippen LogP contribution is -2.38. The molecule has 1 saturated heterocycles. The number of amides is 1. The lowest BCUT2D eigenvalue weighted by Gasteiger charge is -2.29. The van der Waals surface area contributed by atoms with Crippen LogP contribution in [0.3, 0.4) is 0 Å². The van der Waals surface area contributed by atoms with Gasteiger partial charge in [-0.15, -0.1) is 0 Å². The smallest absolute Gasteiger partial charge is 0.257 e. The van der Waals surface area contributed by atoms with Gasteiger partial charge in [-0.1, -0.05) is 22.4 Å². The maximum absolute atomic E-state index is 12.5. The van der Waals surface area contributed by atoms with Crippen molar-refractivity contribution in [3.63, 3.8) is 0 Å². The first-order chi connectivity index (χ1) is 9.56. The van der Waals surface area contributed by atoms with E-state index >= 15 is 0 Å². The summed E-state index contributed by atoms with van der Waals surface area (Å²) in [6.07, 6.45) is 3.38. The molecule has 1 heterocycles. The molecule has 3 unspecified atom stereocenters. The minimum absolute atomic E-state index is 0.0311. The molecule has 2 fully saturated rings. The molecule has 1 aliphatic carbocycles.